The van der Waals surface area contributed by atoms with Gasteiger partial charge in [0.15, 0.2) is 5.78 Å². The molecule has 0 bridgehead atoms. The first-order valence-corrected chi connectivity index (χ1v) is 10.2. The molecule has 1 aromatic carbocycles. The zero-order chi connectivity index (χ0) is 21.4. The first-order valence-electron chi connectivity index (χ1n) is 10.2. The lowest BCUT2D eigenvalue weighted by molar-refractivity contribution is 0.0958. The number of anilines is 2. The second-order valence-corrected chi connectivity index (χ2v) is 7.47. The van der Waals surface area contributed by atoms with Crippen molar-refractivity contribution in [1.82, 2.24) is 19.9 Å². The number of nitrogens with zero attached hydrogens (tertiary/aromatic N) is 4. The van der Waals surface area contributed by atoms with Gasteiger partial charge in [-0.25, -0.2) is 19.9 Å². The highest BCUT2D eigenvalue weighted by molar-refractivity contribution is 5.98. The third-order valence-electron chi connectivity index (χ3n) is 5.38. The summed E-state index contributed by atoms with van der Waals surface area (Å²) in [6.45, 7) is 4.47. The summed E-state index contributed by atoms with van der Waals surface area (Å²) in [6.07, 6.45) is 4.21. The zero-order valence-electron chi connectivity index (χ0n) is 17.3. The van der Waals surface area contributed by atoms with Crippen LogP contribution in [0.15, 0.2) is 47.2 Å². The predicted molar refractivity (Wildman–Crippen MR) is 115 cm³/mol. The smallest absolute Gasteiger partial charge is 0.230 e. The molecule has 1 aliphatic rings. The molecule has 3 aromatic heterocycles. The van der Waals surface area contributed by atoms with E-state index in [-0.39, 0.29) is 11.7 Å². The summed E-state index contributed by atoms with van der Waals surface area (Å²) >= 11 is 0. The summed E-state index contributed by atoms with van der Waals surface area (Å²) in [6, 6.07) is 9.46. The molecule has 8 heteroatoms. The van der Waals surface area contributed by atoms with Crippen LogP contribution in [-0.2, 0) is 6.42 Å². The van der Waals surface area contributed by atoms with Gasteiger partial charge in [0.05, 0.1) is 35.3 Å². The van der Waals surface area contributed by atoms with E-state index < -0.39 is 0 Å². The molecule has 0 aliphatic heterocycles. The van der Waals surface area contributed by atoms with E-state index in [9.17, 15) is 4.79 Å². The lowest BCUT2D eigenvalue weighted by Crippen LogP contribution is -2.21. The fraction of sp³-hybridized carbons (Fsp3) is 0.261. The van der Waals surface area contributed by atoms with E-state index in [0.717, 1.165) is 28.1 Å². The van der Waals surface area contributed by atoms with Crippen LogP contribution in [0.5, 0.6) is 5.75 Å². The number of furan rings is 1. The van der Waals surface area contributed by atoms with Gasteiger partial charge in [-0.15, -0.1) is 0 Å². The lowest BCUT2D eigenvalue weighted by Gasteiger charge is -2.21. The molecule has 5 rings (SSSR count). The summed E-state index contributed by atoms with van der Waals surface area (Å²) in [4.78, 5) is 30.6. The largest absolute Gasteiger partial charge is 0.494 e. The van der Waals surface area contributed by atoms with Crippen LogP contribution in [0.1, 0.15) is 46.8 Å². The van der Waals surface area contributed by atoms with Gasteiger partial charge in [0.1, 0.15) is 11.5 Å². The molecule has 0 amide bonds. The number of Topliss-reactive ketones (excluding diaryl/α,β-unsaturated/α-hetero) is 1. The van der Waals surface area contributed by atoms with Crippen LogP contribution in [0, 0.1) is 6.92 Å². The third-order valence-corrected chi connectivity index (χ3v) is 5.38. The fourth-order valence-electron chi connectivity index (χ4n) is 3.90. The van der Waals surface area contributed by atoms with E-state index in [1.807, 2.05) is 44.2 Å². The quantitative estimate of drug-likeness (QED) is 0.512. The number of fused-ring (bicyclic) bond motifs is 2. The number of carbonyl (C=O) groups excluding carboxylic acids is 1. The highest BCUT2D eigenvalue weighted by Gasteiger charge is 2.29. The SMILES string of the molecule is CCOc1ccc2nc(Nc3ncc4c(n3)CC(c3ccco3)CC4=O)nc(C)c2c1. The Morgan fingerprint density at radius 2 is 2.06 bits per heavy atom. The number of carbonyl (C=O) groups is 1. The molecule has 0 spiro atoms. The molecule has 0 saturated heterocycles. The van der Waals surface area contributed by atoms with Gasteiger partial charge in [-0.2, -0.15) is 0 Å². The van der Waals surface area contributed by atoms with Crippen LogP contribution >= 0.6 is 0 Å². The third kappa shape index (κ3) is 3.72. The van der Waals surface area contributed by atoms with Crippen molar-refractivity contribution in [2.75, 3.05) is 11.9 Å². The molecule has 8 nitrogen and oxygen atoms in total. The van der Waals surface area contributed by atoms with Gasteiger partial charge in [0.25, 0.3) is 0 Å². The second-order valence-electron chi connectivity index (χ2n) is 7.47. The summed E-state index contributed by atoms with van der Waals surface area (Å²) in [5, 5.41) is 4.01. The molecule has 3 heterocycles. The number of ether oxygens (including phenoxy) is 1. The average molecular weight is 415 g/mol. The van der Waals surface area contributed by atoms with Gasteiger partial charge in [0.2, 0.25) is 11.9 Å². The van der Waals surface area contributed by atoms with Crippen molar-refractivity contribution in [1.29, 1.82) is 0 Å². The fourth-order valence-corrected chi connectivity index (χ4v) is 3.90. The molecule has 0 saturated carbocycles. The van der Waals surface area contributed by atoms with Gasteiger partial charge in [0, 0.05) is 30.3 Å². The molecule has 156 valence electrons. The molecule has 0 fully saturated rings. The Bertz CT molecular complexity index is 1270. The number of rotatable bonds is 5. The van der Waals surface area contributed by atoms with E-state index in [0.29, 0.717) is 42.6 Å². The van der Waals surface area contributed by atoms with Gasteiger partial charge in [-0.3, -0.25) is 10.1 Å². The zero-order valence-corrected chi connectivity index (χ0v) is 17.3. The van der Waals surface area contributed by atoms with Crippen LogP contribution in [0.25, 0.3) is 10.9 Å². The maximum Gasteiger partial charge on any atom is 0.230 e. The minimum atomic E-state index is -0.0172. The van der Waals surface area contributed by atoms with Gasteiger partial charge in [-0.1, -0.05) is 0 Å². The standard InChI is InChI=1S/C23H21N5O3/c1-3-30-15-6-7-18-16(11-15)13(2)25-23(26-18)28-22-24-12-17-19(27-22)9-14(10-20(17)29)21-5-4-8-31-21/h4-8,11-12,14H,3,9-10H2,1-2H3,(H,24,25,26,27,28). The summed E-state index contributed by atoms with van der Waals surface area (Å²) in [7, 11) is 0. The highest BCUT2D eigenvalue weighted by Crippen LogP contribution is 2.32. The van der Waals surface area contributed by atoms with Crippen LogP contribution < -0.4 is 10.1 Å². The van der Waals surface area contributed by atoms with Crippen molar-refractivity contribution in [2.45, 2.75) is 32.6 Å². The minimum absolute atomic E-state index is 0.0172. The Kier molecular flexibility index (Phi) is 4.82. The first kappa shape index (κ1) is 19.2. The molecular formula is C23H21N5O3. The lowest BCUT2D eigenvalue weighted by atomic mass is 9.85. The molecule has 1 unspecified atom stereocenters. The maximum atomic E-state index is 12.5. The molecule has 31 heavy (non-hydrogen) atoms. The van der Waals surface area contributed by atoms with Crippen molar-refractivity contribution in [3.8, 4) is 5.75 Å². The van der Waals surface area contributed by atoms with Crippen LogP contribution in [0.3, 0.4) is 0 Å². The van der Waals surface area contributed by atoms with Gasteiger partial charge >= 0.3 is 0 Å². The molecule has 4 aromatic rings. The second kappa shape index (κ2) is 7.79. The number of aryl methyl sites for hydroxylation is 1. The average Bonchev–Trinajstić information content (AvgIpc) is 3.29. The number of nitrogens with one attached hydrogen (secondary N) is 1. The molecule has 1 aliphatic carbocycles. The number of aromatic nitrogens is 4. The predicted octanol–water partition coefficient (Wildman–Crippen LogP) is 4.38. The molecular weight excluding hydrogens is 394 g/mol. The van der Waals surface area contributed by atoms with Crippen molar-refractivity contribution < 1.29 is 13.9 Å². The van der Waals surface area contributed by atoms with Gasteiger partial charge in [-0.05, 0) is 44.2 Å². The Balaban J connectivity index is 1.43. The van der Waals surface area contributed by atoms with Crippen molar-refractivity contribution >= 4 is 28.6 Å². The number of hydrogen-bond acceptors (Lipinski definition) is 8. The topological polar surface area (TPSA) is 103 Å². The van der Waals surface area contributed by atoms with Crippen LogP contribution in [0.2, 0.25) is 0 Å². The normalized spacial score (nSPS) is 15.7. The molecule has 1 N–H and O–H groups in total. The van der Waals surface area contributed by atoms with E-state index in [4.69, 9.17) is 9.15 Å². The summed E-state index contributed by atoms with van der Waals surface area (Å²) < 4.78 is 11.1. The van der Waals surface area contributed by atoms with E-state index in [2.05, 4.69) is 25.3 Å². The first-order chi connectivity index (χ1) is 15.1. The molecule has 1 atom stereocenters. The van der Waals surface area contributed by atoms with Crippen LogP contribution in [0.4, 0.5) is 11.9 Å². The summed E-state index contributed by atoms with van der Waals surface area (Å²) in [5.41, 5.74) is 2.88. The Hall–Kier alpha value is -3.81. The van der Waals surface area contributed by atoms with E-state index in [1.54, 1.807) is 12.5 Å². The van der Waals surface area contributed by atoms with Crippen molar-refractivity contribution in [2.24, 2.45) is 0 Å². The minimum Gasteiger partial charge on any atom is -0.494 e. The van der Waals surface area contributed by atoms with Gasteiger partial charge < -0.3 is 9.15 Å². The Morgan fingerprint density at radius 1 is 1.16 bits per heavy atom. The number of hydrogen-bond donors (Lipinski definition) is 1. The Morgan fingerprint density at radius 3 is 2.87 bits per heavy atom. The van der Waals surface area contributed by atoms with E-state index >= 15 is 0 Å². The highest BCUT2D eigenvalue weighted by atomic mass is 16.5. The number of ketones is 1. The van der Waals surface area contributed by atoms with Crippen LogP contribution in [-0.4, -0.2) is 32.3 Å². The van der Waals surface area contributed by atoms with E-state index in [1.165, 1.54) is 0 Å². The molecule has 0 radical (unpaired) electrons. The monoisotopic (exact) mass is 415 g/mol. The van der Waals surface area contributed by atoms with Crippen molar-refractivity contribution in [3.05, 3.63) is 65.5 Å². The summed E-state index contributed by atoms with van der Waals surface area (Å²) in [5.74, 6) is 2.35. The van der Waals surface area contributed by atoms with Crippen molar-refractivity contribution in [3.63, 3.8) is 0 Å². The Labute approximate surface area is 178 Å². The number of benzene rings is 1. The maximum absolute atomic E-state index is 12.5.